The first kappa shape index (κ1) is 12.9. The first-order valence-corrected chi connectivity index (χ1v) is 6.05. The zero-order chi connectivity index (χ0) is 11.5. The van der Waals surface area contributed by atoms with Crippen LogP contribution in [0.2, 0.25) is 0 Å². The Morgan fingerprint density at radius 3 is 2.73 bits per heavy atom. The minimum absolute atomic E-state index is 0.320. The van der Waals surface area contributed by atoms with Gasteiger partial charge < -0.3 is 15.3 Å². The molecule has 0 aliphatic carbocycles. The van der Waals surface area contributed by atoms with Crippen molar-refractivity contribution in [2.75, 3.05) is 33.2 Å². The van der Waals surface area contributed by atoms with Crippen molar-refractivity contribution in [3.8, 4) is 0 Å². The highest BCUT2D eigenvalue weighted by Crippen LogP contribution is 2.22. The number of hydrogen-bond donors (Lipinski definition) is 2. The fourth-order valence-corrected chi connectivity index (χ4v) is 2.15. The van der Waals surface area contributed by atoms with E-state index in [4.69, 9.17) is 0 Å². The van der Waals surface area contributed by atoms with Gasteiger partial charge in [0.05, 0.1) is 5.60 Å². The molecule has 0 aromatic rings. The van der Waals surface area contributed by atoms with Crippen molar-refractivity contribution < 1.29 is 5.11 Å². The molecule has 1 aliphatic heterocycles. The van der Waals surface area contributed by atoms with Crippen molar-refractivity contribution >= 4 is 0 Å². The predicted octanol–water partition coefficient (Wildman–Crippen LogP) is 0.935. The topological polar surface area (TPSA) is 35.5 Å². The van der Waals surface area contributed by atoms with Gasteiger partial charge in [0.2, 0.25) is 0 Å². The van der Waals surface area contributed by atoms with E-state index >= 15 is 0 Å². The summed E-state index contributed by atoms with van der Waals surface area (Å²) in [5, 5.41) is 13.4. The fourth-order valence-electron chi connectivity index (χ4n) is 2.15. The lowest BCUT2D eigenvalue weighted by Crippen LogP contribution is -2.43. The lowest BCUT2D eigenvalue weighted by atomic mass is 9.92. The van der Waals surface area contributed by atoms with Crippen LogP contribution < -0.4 is 5.32 Å². The Balaban J connectivity index is 2.35. The monoisotopic (exact) mass is 214 g/mol. The van der Waals surface area contributed by atoms with Gasteiger partial charge in [0.15, 0.2) is 0 Å². The normalized spacial score (nSPS) is 27.2. The van der Waals surface area contributed by atoms with Gasteiger partial charge >= 0.3 is 0 Å². The average molecular weight is 214 g/mol. The molecular weight excluding hydrogens is 188 g/mol. The molecule has 0 saturated carbocycles. The molecule has 3 nitrogen and oxygen atoms in total. The van der Waals surface area contributed by atoms with Crippen LogP contribution in [-0.4, -0.2) is 48.8 Å². The van der Waals surface area contributed by atoms with Crippen LogP contribution in [0, 0.1) is 11.8 Å². The summed E-state index contributed by atoms with van der Waals surface area (Å²) in [6.07, 6.45) is 1.26. The van der Waals surface area contributed by atoms with E-state index in [-0.39, 0.29) is 0 Å². The van der Waals surface area contributed by atoms with Gasteiger partial charge in [-0.1, -0.05) is 13.8 Å². The van der Waals surface area contributed by atoms with Crippen LogP contribution in [0.15, 0.2) is 0 Å². The van der Waals surface area contributed by atoms with Gasteiger partial charge in [-0.3, -0.25) is 0 Å². The highest BCUT2D eigenvalue weighted by Gasteiger charge is 2.31. The van der Waals surface area contributed by atoms with Gasteiger partial charge in [-0.2, -0.15) is 0 Å². The van der Waals surface area contributed by atoms with Crippen LogP contribution in [0.3, 0.4) is 0 Å². The van der Waals surface area contributed by atoms with Crippen LogP contribution in [-0.2, 0) is 0 Å². The van der Waals surface area contributed by atoms with Crippen molar-refractivity contribution in [3.05, 3.63) is 0 Å². The van der Waals surface area contributed by atoms with Crippen LogP contribution in [0.1, 0.15) is 27.2 Å². The Morgan fingerprint density at radius 2 is 2.20 bits per heavy atom. The maximum Gasteiger partial charge on any atom is 0.0768 e. The molecule has 0 amide bonds. The maximum atomic E-state index is 10.2. The summed E-state index contributed by atoms with van der Waals surface area (Å²) in [7, 11) is 2.01. The third kappa shape index (κ3) is 3.74. The molecule has 2 unspecified atom stereocenters. The zero-order valence-electron chi connectivity index (χ0n) is 10.6. The molecule has 1 fully saturated rings. The molecule has 2 N–H and O–H groups in total. The Morgan fingerprint density at radius 1 is 1.53 bits per heavy atom. The van der Waals surface area contributed by atoms with E-state index in [9.17, 15) is 5.11 Å². The Bertz CT molecular complexity index is 192. The summed E-state index contributed by atoms with van der Waals surface area (Å²) in [5.74, 6) is 1.08. The van der Waals surface area contributed by atoms with Gasteiger partial charge in [0, 0.05) is 13.1 Å². The van der Waals surface area contributed by atoms with E-state index in [0.29, 0.717) is 5.92 Å². The minimum atomic E-state index is -0.547. The molecule has 1 rings (SSSR count). The number of nitrogens with zero attached hydrogens (tertiary/aromatic N) is 1. The van der Waals surface area contributed by atoms with Gasteiger partial charge in [-0.25, -0.2) is 0 Å². The van der Waals surface area contributed by atoms with Crippen molar-refractivity contribution in [3.63, 3.8) is 0 Å². The Kier molecular flexibility index (Phi) is 4.56. The SMILES string of the molecule is CNCC1CCN(CC(C)(O)C(C)C)C1. The number of aliphatic hydroxyl groups is 1. The summed E-state index contributed by atoms with van der Waals surface area (Å²) in [4.78, 5) is 2.39. The Hall–Kier alpha value is -0.120. The van der Waals surface area contributed by atoms with Crippen molar-refractivity contribution in [2.24, 2.45) is 11.8 Å². The van der Waals surface area contributed by atoms with Gasteiger partial charge in [-0.05, 0) is 45.3 Å². The van der Waals surface area contributed by atoms with E-state index in [0.717, 1.165) is 32.1 Å². The molecular formula is C12H26N2O. The van der Waals surface area contributed by atoms with Crippen molar-refractivity contribution in [1.29, 1.82) is 0 Å². The first-order chi connectivity index (χ1) is 6.95. The summed E-state index contributed by atoms with van der Waals surface area (Å²) in [6, 6.07) is 0. The molecule has 0 bridgehead atoms. The van der Waals surface area contributed by atoms with Gasteiger partial charge in [0.25, 0.3) is 0 Å². The molecule has 1 saturated heterocycles. The van der Waals surface area contributed by atoms with E-state index in [1.54, 1.807) is 0 Å². The summed E-state index contributed by atoms with van der Waals surface area (Å²) < 4.78 is 0. The van der Waals surface area contributed by atoms with Crippen LogP contribution >= 0.6 is 0 Å². The third-order valence-electron chi connectivity index (χ3n) is 3.65. The molecule has 0 radical (unpaired) electrons. The molecule has 1 aliphatic rings. The molecule has 1 heterocycles. The van der Waals surface area contributed by atoms with E-state index in [2.05, 4.69) is 24.1 Å². The molecule has 0 aromatic heterocycles. The van der Waals surface area contributed by atoms with Gasteiger partial charge in [-0.15, -0.1) is 0 Å². The number of rotatable bonds is 5. The lowest BCUT2D eigenvalue weighted by Gasteiger charge is -2.32. The molecule has 90 valence electrons. The minimum Gasteiger partial charge on any atom is -0.389 e. The predicted molar refractivity (Wildman–Crippen MR) is 63.9 cm³/mol. The van der Waals surface area contributed by atoms with Crippen LogP contribution in [0.25, 0.3) is 0 Å². The largest absolute Gasteiger partial charge is 0.389 e. The molecule has 3 heteroatoms. The lowest BCUT2D eigenvalue weighted by molar-refractivity contribution is -0.0143. The maximum absolute atomic E-state index is 10.2. The van der Waals surface area contributed by atoms with E-state index in [1.807, 2.05) is 14.0 Å². The molecule has 0 aromatic carbocycles. The fraction of sp³-hybridized carbons (Fsp3) is 1.00. The molecule has 15 heavy (non-hydrogen) atoms. The number of likely N-dealkylation sites (tertiary alicyclic amines) is 1. The summed E-state index contributed by atoms with van der Waals surface area (Å²) in [5.41, 5.74) is -0.547. The standard InChI is InChI=1S/C12H26N2O/c1-10(2)12(3,15)9-14-6-5-11(8-14)7-13-4/h10-11,13,15H,5-9H2,1-4H3. The number of nitrogens with one attached hydrogen (secondary N) is 1. The first-order valence-electron chi connectivity index (χ1n) is 6.05. The average Bonchev–Trinajstić information content (AvgIpc) is 2.52. The quantitative estimate of drug-likeness (QED) is 0.715. The van der Waals surface area contributed by atoms with Gasteiger partial charge in [0.1, 0.15) is 0 Å². The highest BCUT2D eigenvalue weighted by molar-refractivity contribution is 4.85. The summed E-state index contributed by atoms with van der Waals surface area (Å²) >= 11 is 0. The highest BCUT2D eigenvalue weighted by atomic mass is 16.3. The second kappa shape index (κ2) is 5.28. The van der Waals surface area contributed by atoms with Crippen molar-refractivity contribution in [1.82, 2.24) is 10.2 Å². The second-order valence-electron chi connectivity index (χ2n) is 5.46. The zero-order valence-corrected chi connectivity index (χ0v) is 10.6. The molecule has 2 atom stereocenters. The number of hydrogen-bond acceptors (Lipinski definition) is 3. The van der Waals surface area contributed by atoms with E-state index in [1.165, 1.54) is 6.42 Å². The molecule has 0 spiro atoms. The summed E-state index contributed by atoms with van der Waals surface area (Å²) in [6.45, 7) is 10.3. The van der Waals surface area contributed by atoms with Crippen LogP contribution in [0.4, 0.5) is 0 Å². The third-order valence-corrected chi connectivity index (χ3v) is 3.65. The van der Waals surface area contributed by atoms with Crippen LogP contribution in [0.5, 0.6) is 0 Å². The smallest absolute Gasteiger partial charge is 0.0768 e. The van der Waals surface area contributed by atoms with Crippen molar-refractivity contribution in [2.45, 2.75) is 32.8 Å². The second-order valence-corrected chi connectivity index (χ2v) is 5.46. The Labute approximate surface area is 93.9 Å². The van der Waals surface area contributed by atoms with E-state index < -0.39 is 5.60 Å². The number of β-amino-alcohol motifs (C(OH)–C–C–N with tert-alkyl or cyclic N) is 1.